The monoisotopic (exact) mass is 706 g/mol. The summed E-state index contributed by atoms with van der Waals surface area (Å²) in [5.74, 6) is -1.91. The van der Waals surface area contributed by atoms with Gasteiger partial charge in [-0.25, -0.2) is 0 Å². The van der Waals surface area contributed by atoms with Crippen LogP contribution in [0.1, 0.15) is 91.4 Å². The van der Waals surface area contributed by atoms with Gasteiger partial charge in [0, 0.05) is 12.8 Å². The molecule has 2 unspecified atom stereocenters. The Hall–Kier alpha value is -1.62. The van der Waals surface area contributed by atoms with E-state index >= 15 is 0 Å². The van der Waals surface area contributed by atoms with E-state index in [2.05, 4.69) is 18.6 Å². The Labute approximate surface area is 271 Å². The Morgan fingerprint density at radius 1 is 0.936 bits per heavy atom. The number of fused-ring (bicyclic) bond motifs is 5. The molecule has 0 bridgehead atoms. The smallest absolute Gasteiger partial charge is 0.432 e. The van der Waals surface area contributed by atoms with E-state index in [9.17, 15) is 55.3 Å². The maximum Gasteiger partial charge on any atom is 0.432 e. The molecule has 0 amide bonds. The SMILES string of the molecule is C[C@H](CCC(=O)OCCCC(=O)OC(C(F)(F)F)C(F)(F)S(=O)(=O)O)[C@H]1CC[C@H]2[C@@H]3[C@H](O)CC4C[C@H](O)CC[C@]4(C)[C@H]3C[C@H](O)[C@]12C. The lowest BCUT2D eigenvalue weighted by Crippen LogP contribution is -2.62. The van der Waals surface area contributed by atoms with Crippen molar-refractivity contribution in [3.8, 4) is 0 Å². The first kappa shape index (κ1) is 38.2. The molecule has 47 heavy (non-hydrogen) atoms. The van der Waals surface area contributed by atoms with Crippen LogP contribution in [0.5, 0.6) is 0 Å². The Morgan fingerprint density at radius 3 is 2.21 bits per heavy atom. The van der Waals surface area contributed by atoms with Gasteiger partial charge in [0.05, 0.1) is 24.9 Å². The molecule has 0 spiro atoms. The second-order valence-electron chi connectivity index (χ2n) is 14.8. The van der Waals surface area contributed by atoms with Crippen LogP contribution in [0.15, 0.2) is 0 Å². The summed E-state index contributed by atoms with van der Waals surface area (Å²) in [4.78, 5) is 24.2. The maximum absolute atomic E-state index is 13.6. The molecule has 0 saturated heterocycles. The molecule has 4 aliphatic carbocycles. The minimum absolute atomic E-state index is 0.00334. The highest BCUT2D eigenvalue weighted by Gasteiger charge is 2.67. The van der Waals surface area contributed by atoms with E-state index < -0.39 is 70.2 Å². The van der Waals surface area contributed by atoms with Crippen molar-refractivity contribution in [2.75, 3.05) is 6.61 Å². The second kappa shape index (κ2) is 13.6. The summed E-state index contributed by atoms with van der Waals surface area (Å²) in [6.45, 7) is 5.91. The Balaban J connectivity index is 1.27. The molecule has 4 fully saturated rings. The summed E-state index contributed by atoms with van der Waals surface area (Å²) >= 11 is 0. The number of hydrogen-bond acceptors (Lipinski definition) is 9. The van der Waals surface area contributed by atoms with Crippen molar-refractivity contribution in [2.45, 2.75) is 127 Å². The van der Waals surface area contributed by atoms with E-state index in [0.29, 0.717) is 25.7 Å². The number of ether oxygens (including phenoxy) is 2. The third-order valence-corrected chi connectivity index (χ3v) is 13.2. The number of aliphatic hydroxyl groups excluding tert-OH is 3. The van der Waals surface area contributed by atoms with E-state index in [4.69, 9.17) is 9.29 Å². The van der Waals surface area contributed by atoms with Crippen LogP contribution in [0.2, 0.25) is 0 Å². The van der Waals surface area contributed by atoms with Gasteiger partial charge >= 0.3 is 33.5 Å². The lowest BCUT2D eigenvalue weighted by atomic mass is 9.43. The highest BCUT2D eigenvalue weighted by atomic mass is 32.2. The number of aliphatic hydroxyl groups is 3. The van der Waals surface area contributed by atoms with E-state index in [0.717, 1.165) is 25.7 Å². The summed E-state index contributed by atoms with van der Waals surface area (Å²) in [7, 11) is -6.55. The van der Waals surface area contributed by atoms with Crippen LogP contribution < -0.4 is 0 Å². The van der Waals surface area contributed by atoms with Crippen molar-refractivity contribution in [1.29, 1.82) is 0 Å². The van der Waals surface area contributed by atoms with Crippen molar-refractivity contribution in [3.05, 3.63) is 0 Å². The summed E-state index contributed by atoms with van der Waals surface area (Å²) in [5.41, 5.74) is -0.523. The second-order valence-corrected chi connectivity index (χ2v) is 16.3. The van der Waals surface area contributed by atoms with Crippen molar-refractivity contribution in [1.82, 2.24) is 0 Å². The van der Waals surface area contributed by atoms with Crippen molar-refractivity contribution in [2.24, 2.45) is 46.3 Å². The van der Waals surface area contributed by atoms with Gasteiger partial charge in [0.1, 0.15) is 0 Å². The van der Waals surface area contributed by atoms with E-state index in [1.54, 1.807) is 0 Å². The lowest BCUT2D eigenvalue weighted by molar-refractivity contribution is -0.259. The lowest BCUT2D eigenvalue weighted by Gasteiger charge is -2.63. The Morgan fingerprint density at radius 2 is 1.60 bits per heavy atom. The van der Waals surface area contributed by atoms with E-state index in [-0.39, 0.29) is 59.9 Å². The van der Waals surface area contributed by atoms with Gasteiger partial charge in [-0.05, 0) is 104 Å². The largest absolute Gasteiger partial charge is 0.466 e. The van der Waals surface area contributed by atoms with Crippen molar-refractivity contribution < 1.29 is 69.3 Å². The fraction of sp³-hybridized carbons (Fsp3) is 0.935. The first-order valence-electron chi connectivity index (χ1n) is 16.4. The van der Waals surface area contributed by atoms with Gasteiger partial charge in [-0.15, -0.1) is 0 Å². The number of esters is 2. The van der Waals surface area contributed by atoms with Crippen LogP contribution in [-0.2, 0) is 29.2 Å². The van der Waals surface area contributed by atoms with Crippen LogP contribution in [0.3, 0.4) is 0 Å². The van der Waals surface area contributed by atoms with Crippen LogP contribution in [-0.4, -0.2) is 82.7 Å². The first-order valence-corrected chi connectivity index (χ1v) is 17.8. The zero-order valence-electron chi connectivity index (χ0n) is 26.8. The molecule has 16 heteroatoms. The maximum atomic E-state index is 13.6. The van der Waals surface area contributed by atoms with Crippen LogP contribution in [0.4, 0.5) is 22.0 Å². The van der Waals surface area contributed by atoms with Gasteiger partial charge in [0.15, 0.2) is 0 Å². The minimum Gasteiger partial charge on any atom is -0.466 e. The molecule has 4 saturated carbocycles. The number of rotatable bonds is 11. The molecule has 0 aromatic rings. The Bertz CT molecular complexity index is 1260. The molecule has 4 N–H and O–H groups in total. The number of halogens is 5. The van der Waals surface area contributed by atoms with Crippen LogP contribution >= 0.6 is 0 Å². The Kier molecular flexibility index (Phi) is 11.0. The molecule has 4 rings (SSSR count). The molecule has 0 radical (unpaired) electrons. The van der Waals surface area contributed by atoms with Crippen LogP contribution in [0.25, 0.3) is 0 Å². The normalized spacial score (nSPS) is 38.8. The number of alkyl halides is 5. The average Bonchev–Trinajstić information content (AvgIpc) is 3.31. The van der Waals surface area contributed by atoms with Gasteiger partial charge in [-0.1, -0.05) is 20.8 Å². The third kappa shape index (κ3) is 7.32. The molecule has 0 aromatic heterocycles. The highest BCUT2D eigenvalue weighted by Crippen LogP contribution is 2.68. The summed E-state index contributed by atoms with van der Waals surface area (Å²) in [5, 5.41) is 27.6. The molecule has 12 atom stereocenters. The zero-order chi connectivity index (χ0) is 35.3. The van der Waals surface area contributed by atoms with E-state index in [1.165, 1.54) is 0 Å². The molecule has 0 aromatic carbocycles. The van der Waals surface area contributed by atoms with Crippen molar-refractivity contribution >= 4 is 22.1 Å². The molecule has 0 aliphatic heterocycles. The standard InChI is InChI=1S/C31H47F5O10S/c1-16(6-9-24(40)45-12-4-5-25(41)46-27(30(32,33)34)31(35,36)47(42,43)44)19-7-8-20-26-21(15-23(39)29(19,20)3)28(2)11-10-18(37)13-17(28)14-22(26)38/h16-23,26-27,37-39H,4-15H2,1-3H3,(H,42,43,44)/t16-,17?,18-,19-,20+,21+,22-,23+,26+,27?,28+,29-/m1/s1. The molecular formula is C31H47F5O10S. The summed E-state index contributed by atoms with van der Waals surface area (Å²) < 4.78 is 105. The molecular weight excluding hydrogens is 659 g/mol. The molecule has 10 nitrogen and oxygen atoms in total. The summed E-state index contributed by atoms with van der Waals surface area (Å²) in [6, 6.07) is 0. The van der Waals surface area contributed by atoms with E-state index in [1.807, 2.05) is 6.92 Å². The van der Waals surface area contributed by atoms with Gasteiger partial charge in [-0.3, -0.25) is 14.1 Å². The van der Waals surface area contributed by atoms with Crippen LogP contribution in [0, 0.1) is 46.3 Å². The summed E-state index contributed by atoms with van der Waals surface area (Å²) in [6.07, 6.45) is -7.66. The first-order chi connectivity index (χ1) is 21.5. The fourth-order valence-corrected chi connectivity index (χ4v) is 10.3. The number of carbonyl (C=O) groups is 2. The number of hydrogen-bond donors (Lipinski definition) is 4. The van der Waals surface area contributed by atoms with Gasteiger partial charge in [-0.2, -0.15) is 30.4 Å². The molecule has 0 heterocycles. The quantitative estimate of drug-likeness (QED) is 0.103. The average molecular weight is 707 g/mol. The van der Waals surface area contributed by atoms with Gasteiger partial charge < -0.3 is 24.8 Å². The molecule has 272 valence electrons. The zero-order valence-corrected chi connectivity index (χ0v) is 27.6. The predicted molar refractivity (Wildman–Crippen MR) is 155 cm³/mol. The topological polar surface area (TPSA) is 168 Å². The molecule has 4 aliphatic rings. The number of carbonyl (C=O) groups excluding carboxylic acids is 2. The highest BCUT2D eigenvalue weighted by molar-refractivity contribution is 7.86. The fourth-order valence-electron chi connectivity index (χ4n) is 9.80. The third-order valence-electron chi connectivity index (χ3n) is 12.3. The minimum atomic E-state index is -6.55. The predicted octanol–water partition coefficient (Wildman–Crippen LogP) is 4.64. The van der Waals surface area contributed by atoms with Crippen molar-refractivity contribution in [3.63, 3.8) is 0 Å². The van der Waals surface area contributed by atoms with Gasteiger partial charge in [0.25, 0.3) is 6.10 Å². The van der Waals surface area contributed by atoms with Gasteiger partial charge in [0.2, 0.25) is 0 Å².